The van der Waals surface area contributed by atoms with E-state index in [1.807, 2.05) is 18.4 Å². The van der Waals surface area contributed by atoms with Gasteiger partial charge >= 0.3 is 0 Å². The van der Waals surface area contributed by atoms with Gasteiger partial charge in [0.05, 0.1) is 5.69 Å². The second-order valence-corrected chi connectivity index (χ2v) is 6.20. The average molecular weight is 283 g/mol. The van der Waals surface area contributed by atoms with Crippen LogP contribution in [0.4, 0.5) is 5.13 Å². The van der Waals surface area contributed by atoms with Crippen molar-refractivity contribution in [2.75, 3.05) is 38.8 Å². The summed E-state index contributed by atoms with van der Waals surface area (Å²) in [6.45, 7) is 6.24. The van der Waals surface area contributed by atoms with Crippen molar-refractivity contribution in [2.45, 2.75) is 32.7 Å². The van der Waals surface area contributed by atoms with Gasteiger partial charge < -0.3 is 15.0 Å². The lowest BCUT2D eigenvalue weighted by Gasteiger charge is -2.31. The molecular formula is C14H25N3OS. The van der Waals surface area contributed by atoms with Gasteiger partial charge in [0.1, 0.15) is 0 Å². The van der Waals surface area contributed by atoms with E-state index in [-0.39, 0.29) is 0 Å². The van der Waals surface area contributed by atoms with E-state index in [1.54, 1.807) is 7.11 Å². The number of nitrogens with one attached hydrogen (secondary N) is 1. The highest BCUT2D eigenvalue weighted by Gasteiger charge is 2.22. The normalized spacial score (nSPS) is 17.1. The summed E-state index contributed by atoms with van der Waals surface area (Å²) in [7, 11) is 3.79. The van der Waals surface area contributed by atoms with Gasteiger partial charge in [0.25, 0.3) is 0 Å². The van der Waals surface area contributed by atoms with Crippen LogP contribution in [0.1, 0.15) is 30.3 Å². The van der Waals surface area contributed by atoms with Crippen molar-refractivity contribution in [3.05, 3.63) is 10.6 Å². The van der Waals surface area contributed by atoms with Crippen LogP contribution in [-0.2, 0) is 17.7 Å². The van der Waals surface area contributed by atoms with Crippen LogP contribution >= 0.6 is 11.3 Å². The number of ether oxygens (including phenoxy) is 1. The van der Waals surface area contributed by atoms with Crippen LogP contribution in [0.2, 0.25) is 0 Å². The first-order valence-electron chi connectivity index (χ1n) is 7.15. The highest BCUT2D eigenvalue weighted by Crippen LogP contribution is 2.30. The van der Waals surface area contributed by atoms with E-state index >= 15 is 0 Å². The van der Waals surface area contributed by atoms with Gasteiger partial charge in [0.15, 0.2) is 5.13 Å². The Morgan fingerprint density at radius 3 is 2.74 bits per heavy atom. The standard InChI is InChI=1S/C14H25N3OS/c1-4-12-13(9-15-2)19-14(16-12)17-7-5-11(6-8-17)10-18-3/h11,15H,4-10H2,1-3H3. The summed E-state index contributed by atoms with van der Waals surface area (Å²) in [5, 5.41) is 4.44. The van der Waals surface area contributed by atoms with Crippen LogP contribution < -0.4 is 10.2 Å². The molecule has 2 rings (SSSR count). The monoisotopic (exact) mass is 283 g/mol. The summed E-state index contributed by atoms with van der Waals surface area (Å²) in [6, 6.07) is 0. The molecule has 2 heterocycles. The molecule has 5 heteroatoms. The van der Waals surface area contributed by atoms with Gasteiger partial charge in [-0.3, -0.25) is 0 Å². The molecule has 0 bridgehead atoms. The number of methoxy groups -OCH3 is 1. The zero-order valence-corrected chi connectivity index (χ0v) is 13.1. The molecule has 0 amide bonds. The van der Waals surface area contributed by atoms with Gasteiger partial charge in [0, 0.05) is 38.2 Å². The molecule has 0 spiro atoms. The van der Waals surface area contributed by atoms with Crippen molar-refractivity contribution < 1.29 is 4.74 Å². The molecule has 4 nitrogen and oxygen atoms in total. The van der Waals surface area contributed by atoms with E-state index in [1.165, 1.54) is 28.5 Å². The Morgan fingerprint density at radius 2 is 2.16 bits per heavy atom. The van der Waals surface area contributed by atoms with E-state index < -0.39 is 0 Å². The highest BCUT2D eigenvalue weighted by atomic mass is 32.1. The minimum atomic E-state index is 0.726. The van der Waals surface area contributed by atoms with Gasteiger partial charge in [-0.1, -0.05) is 6.92 Å². The maximum atomic E-state index is 5.26. The maximum Gasteiger partial charge on any atom is 0.185 e. The van der Waals surface area contributed by atoms with Crippen LogP contribution in [-0.4, -0.2) is 38.8 Å². The molecule has 0 unspecified atom stereocenters. The summed E-state index contributed by atoms with van der Waals surface area (Å²) < 4.78 is 5.26. The largest absolute Gasteiger partial charge is 0.384 e. The van der Waals surface area contributed by atoms with E-state index in [2.05, 4.69) is 17.1 Å². The summed E-state index contributed by atoms with van der Waals surface area (Å²) >= 11 is 1.85. The SMILES string of the molecule is CCc1nc(N2CCC(COC)CC2)sc1CNC. The molecule has 1 fully saturated rings. The number of nitrogens with zero attached hydrogens (tertiary/aromatic N) is 2. The molecular weight excluding hydrogens is 258 g/mol. The Labute approximate surface area is 120 Å². The third-order valence-corrected chi connectivity index (χ3v) is 4.89. The number of aromatic nitrogens is 1. The van der Waals surface area contributed by atoms with Crippen molar-refractivity contribution in [1.29, 1.82) is 0 Å². The second-order valence-electron chi connectivity index (χ2n) is 5.14. The Bertz CT molecular complexity index is 386. The lowest BCUT2D eigenvalue weighted by atomic mass is 9.98. The third kappa shape index (κ3) is 3.68. The van der Waals surface area contributed by atoms with E-state index in [0.29, 0.717) is 0 Å². The maximum absolute atomic E-state index is 5.26. The zero-order valence-electron chi connectivity index (χ0n) is 12.2. The van der Waals surface area contributed by atoms with Crippen LogP contribution in [0.3, 0.4) is 0 Å². The minimum Gasteiger partial charge on any atom is -0.384 e. The molecule has 0 aliphatic carbocycles. The second kappa shape index (κ2) is 7.22. The fourth-order valence-electron chi connectivity index (χ4n) is 2.61. The Kier molecular flexibility index (Phi) is 5.60. The van der Waals surface area contributed by atoms with E-state index in [9.17, 15) is 0 Å². The fraction of sp³-hybridized carbons (Fsp3) is 0.786. The molecule has 1 aliphatic heterocycles. The minimum absolute atomic E-state index is 0.726. The molecule has 1 aliphatic rings. The first kappa shape index (κ1) is 14.8. The highest BCUT2D eigenvalue weighted by molar-refractivity contribution is 7.15. The van der Waals surface area contributed by atoms with Gasteiger partial charge in [0.2, 0.25) is 0 Å². The molecule has 1 aromatic rings. The van der Waals surface area contributed by atoms with Crippen molar-refractivity contribution in [3.8, 4) is 0 Å². The molecule has 0 saturated carbocycles. The summed E-state index contributed by atoms with van der Waals surface area (Å²) in [5.74, 6) is 0.726. The topological polar surface area (TPSA) is 37.4 Å². The Balaban J connectivity index is 1.99. The first-order chi connectivity index (χ1) is 9.28. The Morgan fingerprint density at radius 1 is 1.42 bits per heavy atom. The number of aryl methyl sites for hydroxylation is 1. The van der Waals surface area contributed by atoms with E-state index in [4.69, 9.17) is 9.72 Å². The van der Waals surface area contributed by atoms with Crippen molar-refractivity contribution >= 4 is 16.5 Å². The first-order valence-corrected chi connectivity index (χ1v) is 7.97. The lowest BCUT2D eigenvalue weighted by molar-refractivity contribution is 0.139. The zero-order chi connectivity index (χ0) is 13.7. The van der Waals surface area contributed by atoms with Gasteiger partial charge in [-0.15, -0.1) is 11.3 Å². The van der Waals surface area contributed by atoms with Gasteiger partial charge in [-0.05, 0) is 32.2 Å². The number of piperidine rings is 1. The smallest absolute Gasteiger partial charge is 0.185 e. The Hall–Kier alpha value is -0.650. The number of hydrogen-bond acceptors (Lipinski definition) is 5. The number of thiazole rings is 1. The predicted molar refractivity (Wildman–Crippen MR) is 81.1 cm³/mol. The van der Waals surface area contributed by atoms with Gasteiger partial charge in [-0.2, -0.15) is 0 Å². The average Bonchev–Trinajstić information content (AvgIpc) is 2.84. The molecule has 1 saturated heterocycles. The molecule has 0 aromatic carbocycles. The molecule has 1 aromatic heterocycles. The number of anilines is 1. The van der Waals surface area contributed by atoms with E-state index in [0.717, 1.165) is 38.6 Å². The summed E-state index contributed by atoms with van der Waals surface area (Å²) in [6.07, 6.45) is 3.46. The number of hydrogen-bond donors (Lipinski definition) is 1. The molecule has 0 atom stereocenters. The predicted octanol–water partition coefficient (Wildman–Crippen LogP) is 2.29. The van der Waals surface area contributed by atoms with Crippen LogP contribution in [0.15, 0.2) is 0 Å². The van der Waals surface area contributed by atoms with Crippen molar-refractivity contribution in [3.63, 3.8) is 0 Å². The lowest BCUT2D eigenvalue weighted by Crippen LogP contribution is -2.34. The summed E-state index contributed by atoms with van der Waals surface area (Å²) in [5.41, 5.74) is 1.26. The molecule has 1 N–H and O–H groups in total. The fourth-order valence-corrected chi connectivity index (χ4v) is 3.82. The molecule has 108 valence electrons. The molecule has 0 radical (unpaired) electrons. The third-order valence-electron chi connectivity index (χ3n) is 3.73. The summed E-state index contributed by atoms with van der Waals surface area (Å²) in [4.78, 5) is 8.64. The van der Waals surface area contributed by atoms with Crippen LogP contribution in [0, 0.1) is 5.92 Å². The van der Waals surface area contributed by atoms with Crippen molar-refractivity contribution in [2.24, 2.45) is 5.92 Å². The number of rotatable bonds is 6. The van der Waals surface area contributed by atoms with Crippen molar-refractivity contribution in [1.82, 2.24) is 10.3 Å². The van der Waals surface area contributed by atoms with Gasteiger partial charge in [-0.25, -0.2) is 4.98 Å². The molecule has 19 heavy (non-hydrogen) atoms. The quantitative estimate of drug-likeness (QED) is 0.869. The van der Waals surface area contributed by atoms with Crippen LogP contribution in [0.25, 0.3) is 0 Å². The van der Waals surface area contributed by atoms with Crippen LogP contribution in [0.5, 0.6) is 0 Å².